The van der Waals surface area contributed by atoms with Crippen LogP contribution in [0.15, 0.2) is 10.6 Å². The minimum atomic E-state index is -1.04. The lowest BCUT2D eigenvalue weighted by molar-refractivity contribution is -0.163. The minimum Gasteiger partial charge on any atom is -0.477 e. The number of aliphatic hydroxyl groups is 1. The smallest absolute Gasteiger partial charge is 0.353 e. The molecular formula is C18H27N3O4S. The number of nitrogens with zero attached hydrogens (tertiary/aromatic N) is 1. The third-order valence-electron chi connectivity index (χ3n) is 6.40. The average molecular weight is 381 g/mol. The topological polar surface area (TPSA) is 102 Å². The number of hydrogen-bond acceptors (Lipinski definition) is 6. The van der Waals surface area contributed by atoms with Gasteiger partial charge in [0.25, 0.3) is 0 Å². The number of β-lactam (4-membered cyclic amide) rings is 1. The van der Waals surface area contributed by atoms with Crippen molar-refractivity contribution in [1.82, 2.24) is 15.5 Å². The molecule has 0 aliphatic carbocycles. The summed E-state index contributed by atoms with van der Waals surface area (Å²) < 4.78 is 0. The molecule has 0 aromatic carbocycles. The predicted molar refractivity (Wildman–Crippen MR) is 98.4 cm³/mol. The molecule has 0 bridgehead atoms. The van der Waals surface area contributed by atoms with Crippen molar-refractivity contribution in [3.8, 4) is 0 Å². The molecule has 0 saturated carbocycles. The number of carbonyl (C=O) groups is 2. The lowest BCUT2D eigenvalue weighted by Gasteiger charge is -2.46. The maximum atomic E-state index is 12.4. The van der Waals surface area contributed by atoms with Crippen molar-refractivity contribution in [2.75, 3.05) is 19.6 Å². The highest BCUT2D eigenvalue weighted by molar-refractivity contribution is 8.03. The van der Waals surface area contributed by atoms with E-state index in [-0.39, 0.29) is 23.6 Å². The van der Waals surface area contributed by atoms with Gasteiger partial charge < -0.3 is 25.7 Å². The van der Waals surface area contributed by atoms with Crippen LogP contribution in [-0.4, -0.2) is 70.1 Å². The van der Waals surface area contributed by atoms with E-state index < -0.39 is 18.0 Å². The quantitative estimate of drug-likeness (QED) is 0.505. The molecule has 4 rings (SSSR count). The van der Waals surface area contributed by atoms with Crippen molar-refractivity contribution >= 4 is 23.6 Å². The molecule has 3 fully saturated rings. The minimum absolute atomic E-state index is 0.0457. The Bertz CT molecular complexity index is 646. The van der Waals surface area contributed by atoms with Crippen molar-refractivity contribution in [3.63, 3.8) is 0 Å². The highest BCUT2D eigenvalue weighted by Crippen LogP contribution is 2.52. The summed E-state index contributed by atoms with van der Waals surface area (Å²) in [6.45, 7) is 6.59. The van der Waals surface area contributed by atoms with Crippen molar-refractivity contribution in [1.29, 1.82) is 0 Å². The molecule has 144 valence electrons. The summed E-state index contributed by atoms with van der Waals surface area (Å²) in [7, 11) is 0. The van der Waals surface area contributed by atoms with E-state index in [2.05, 4.69) is 10.6 Å². The van der Waals surface area contributed by atoms with E-state index in [0.29, 0.717) is 17.2 Å². The van der Waals surface area contributed by atoms with Crippen LogP contribution < -0.4 is 10.6 Å². The summed E-state index contributed by atoms with van der Waals surface area (Å²) in [5, 5.41) is 27.0. The SMILES string of the molecule is C[C@H]1C(S[C@@H]2CN[C@H](C3CCNC3)C2)=C(C(=O)O)N2C(=O)[C@H]([C@@H](C)O)C12. The Kier molecular flexibility index (Phi) is 4.79. The standard InChI is InChI=1S/C18H27N3O4S/c1-8-14-13(9(2)22)17(23)21(14)15(18(24)25)16(8)26-11-5-12(20-7-11)10-3-4-19-6-10/h8-14,19-20,22H,3-7H2,1-2H3,(H,24,25)/t8-,9-,10?,11+,12+,13-,14?/m1/s1. The van der Waals surface area contributed by atoms with Gasteiger partial charge in [0.2, 0.25) is 5.91 Å². The Morgan fingerprint density at radius 1 is 1.38 bits per heavy atom. The first-order valence-corrected chi connectivity index (χ1v) is 10.4. The summed E-state index contributed by atoms with van der Waals surface area (Å²) in [4.78, 5) is 26.5. The van der Waals surface area contributed by atoms with E-state index in [1.807, 2.05) is 6.92 Å². The third-order valence-corrected chi connectivity index (χ3v) is 7.91. The van der Waals surface area contributed by atoms with Gasteiger partial charge in [-0.15, -0.1) is 11.8 Å². The van der Waals surface area contributed by atoms with Gasteiger partial charge in [-0.2, -0.15) is 0 Å². The Labute approximate surface area is 157 Å². The Balaban J connectivity index is 1.50. The zero-order valence-electron chi connectivity index (χ0n) is 15.1. The van der Waals surface area contributed by atoms with E-state index in [4.69, 9.17) is 0 Å². The molecule has 3 saturated heterocycles. The fourth-order valence-corrected chi connectivity index (χ4v) is 6.55. The van der Waals surface area contributed by atoms with Crippen LogP contribution in [0.3, 0.4) is 0 Å². The average Bonchev–Trinajstić information content (AvgIpc) is 3.28. The van der Waals surface area contributed by atoms with Gasteiger partial charge in [0, 0.05) is 28.7 Å². The number of carbonyl (C=O) groups excluding carboxylic acids is 1. The van der Waals surface area contributed by atoms with E-state index >= 15 is 0 Å². The molecule has 7 nitrogen and oxygen atoms in total. The number of hydrogen-bond donors (Lipinski definition) is 4. The number of aliphatic carboxylic acids is 1. The fourth-order valence-electron chi connectivity index (χ4n) is 5.06. The Hall–Kier alpha value is -1.09. The summed E-state index contributed by atoms with van der Waals surface area (Å²) in [5.74, 6) is -1.19. The normalized spacial score (nSPS) is 40.7. The molecule has 0 spiro atoms. The van der Waals surface area contributed by atoms with Crippen LogP contribution in [0.4, 0.5) is 0 Å². The number of nitrogens with one attached hydrogen (secondary N) is 2. The lowest BCUT2D eigenvalue weighted by Crippen LogP contribution is -2.63. The molecule has 0 radical (unpaired) electrons. The second kappa shape index (κ2) is 6.82. The van der Waals surface area contributed by atoms with Crippen LogP contribution in [0.2, 0.25) is 0 Å². The zero-order valence-corrected chi connectivity index (χ0v) is 16.0. The van der Waals surface area contributed by atoms with Crippen molar-refractivity contribution in [2.24, 2.45) is 17.8 Å². The molecule has 0 aromatic rings. The molecule has 4 aliphatic rings. The van der Waals surface area contributed by atoms with Crippen LogP contribution in [0.1, 0.15) is 26.7 Å². The maximum Gasteiger partial charge on any atom is 0.353 e. The van der Waals surface area contributed by atoms with Gasteiger partial charge in [0.05, 0.1) is 18.1 Å². The van der Waals surface area contributed by atoms with Gasteiger partial charge in [-0.3, -0.25) is 4.79 Å². The lowest BCUT2D eigenvalue weighted by atomic mass is 9.79. The summed E-state index contributed by atoms with van der Waals surface area (Å²) in [6, 6.07) is 0.261. The van der Waals surface area contributed by atoms with Crippen molar-refractivity contribution < 1.29 is 19.8 Å². The second-order valence-corrected chi connectivity index (χ2v) is 9.36. The van der Waals surface area contributed by atoms with E-state index in [1.54, 1.807) is 18.7 Å². The maximum absolute atomic E-state index is 12.4. The molecule has 4 heterocycles. The number of amides is 1. The first-order chi connectivity index (χ1) is 12.4. The van der Waals surface area contributed by atoms with Crippen molar-refractivity contribution in [2.45, 2.75) is 50.1 Å². The van der Waals surface area contributed by atoms with Gasteiger partial charge in [0.15, 0.2) is 0 Å². The predicted octanol–water partition coefficient (Wildman–Crippen LogP) is 0.213. The molecule has 2 unspecified atom stereocenters. The van der Waals surface area contributed by atoms with Gasteiger partial charge in [-0.25, -0.2) is 4.79 Å². The monoisotopic (exact) mass is 381 g/mol. The molecule has 4 aliphatic heterocycles. The molecule has 26 heavy (non-hydrogen) atoms. The van der Waals surface area contributed by atoms with E-state index in [9.17, 15) is 19.8 Å². The largest absolute Gasteiger partial charge is 0.477 e. The van der Waals surface area contributed by atoms with E-state index in [1.165, 1.54) is 11.3 Å². The van der Waals surface area contributed by atoms with Gasteiger partial charge in [-0.05, 0) is 38.8 Å². The first kappa shape index (κ1) is 18.3. The van der Waals surface area contributed by atoms with Crippen LogP contribution >= 0.6 is 11.8 Å². The molecule has 4 N–H and O–H groups in total. The molecule has 7 atom stereocenters. The first-order valence-electron chi connectivity index (χ1n) is 9.49. The number of aliphatic hydroxyl groups excluding tert-OH is 1. The number of thioether (sulfide) groups is 1. The van der Waals surface area contributed by atoms with Crippen LogP contribution in [0.25, 0.3) is 0 Å². The second-order valence-electron chi connectivity index (χ2n) is 8.02. The van der Waals surface area contributed by atoms with Crippen LogP contribution in [0.5, 0.6) is 0 Å². The summed E-state index contributed by atoms with van der Waals surface area (Å²) in [6.07, 6.45) is 1.46. The summed E-state index contributed by atoms with van der Waals surface area (Å²) >= 11 is 1.63. The molecule has 1 amide bonds. The van der Waals surface area contributed by atoms with Crippen LogP contribution in [0, 0.1) is 17.8 Å². The third kappa shape index (κ3) is 2.78. The highest BCUT2D eigenvalue weighted by Gasteiger charge is 2.60. The number of rotatable bonds is 5. The van der Waals surface area contributed by atoms with Crippen molar-refractivity contribution in [3.05, 3.63) is 10.6 Å². The van der Waals surface area contributed by atoms with E-state index in [0.717, 1.165) is 31.0 Å². The van der Waals surface area contributed by atoms with Crippen LogP contribution in [-0.2, 0) is 9.59 Å². The van der Waals surface area contributed by atoms with Gasteiger partial charge >= 0.3 is 5.97 Å². The highest BCUT2D eigenvalue weighted by atomic mass is 32.2. The zero-order chi connectivity index (χ0) is 18.6. The van der Waals surface area contributed by atoms with Gasteiger partial charge in [-0.1, -0.05) is 6.92 Å². The molecular weight excluding hydrogens is 354 g/mol. The molecule has 0 aromatic heterocycles. The number of carboxylic acids is 1. The molecule has 8 heteroatoms. The Morgan fingerprint density at radius 3 is 2.77 bits per heavy atom. The number of fused-ring (bicyclic) bond motifs is 1. The Morgan fingerprint density at radius 2 is 2.15 bits per heavy atom. The fraction of sp³-hybridized carbons (Fsp3) is 0.778. The van der Waals surface area contributed by atoms with Gasteiger partial charge in [0.1, 0.15) is 5.70 Å². The number of carboxylic acid groups (broad SMARTS) is 1. The summed E-state index contributed by atoms with van der Waals surface area (Å²) in [5.41, 5.74) is 0.139.